The highest BCUT2D eigenvalue weighted by molar-refractivity contribution is 5.85. The zero-order valence-electron chi connectivity index (χ0n) is 15.9. The Morgan fingerprint density at radius 1 is 1.19 bits per heavy atom. The predicted octanol–water partition coefficient (Wildman–Crippen LogP) is 1.47. The average Bonchev–Trinajstić information content (AvgIpc) is 2.58. The minimum absolute atomic E-state index is 0.259. The van der Waals surface area contributed by atoms with Crippen LogP contribution in [-0.2, 0) is 25.5 Å². The van der Waals surface area contributed by atoms with Gasteiger partial charge in [0.2, 0.25) is 5.91 Å². The molecule has 0 spiro atoms. The average molecular weight is 369 g/mol. The molecule has 1 aromatic rings. The van der Waals surface area contributed by atoms with E-state index < -0.39 is 6.04 Å². The van der Waals surface area contributed by atoms with Crippen LogP contribution in [0.2, 0.25) is 0 Å². The Labute approximate surface area is 153 Å². The van der Waals surface area contributed by atoms with E-state index in [-0.39, 0.29) is 23.2 Å². The van der Waals surface area contributed by atoms with Gasteiger partial charge < -0.3 is 10.1 Å². The van der Waals surface area contributed by atoms with Gasteiger partial charge in [-0.3, -0.25) is 25.2 Å². The Kier molecular flexibility index (Phi) is 10.8. The van der Waals surface area contributed by atoms with E-state index >= 15 is 0 Å². The van der Waals surface area contributed by atoms with Gasteiger partial charge in [-0.25, -0.2) is 4.39 Å². The number of benzene rings is 1. The first-order chi connectivity index (χ1) is 12.1. The monoisotopic (exact) mass is 369 g/mol. The summed E-state index contributed by atoms with van der Waals surface area (Å²) in [5, 5.41) is 2.85. The van der Waals surface area contributed by atoms with E-state index in [9.17, 15) is 18.8 Å². The van der Waals surface area contributed by atoms with Gasteiger partial charge in [-0.2, -0.15) is 0 Å². The van der Waals surface area contributed by atoms with Crippen LogP contribution in [0.4, 0.5) is 4.39 Å². The Hall–Kier alpha value is -2.48. The predicted molar refractivity (Wildman–Crippen MR) is 96.4 cm³/mol. The second kappa shape index (κ2) is 12.0. The number of amides is 2. The van der Waals surface area contributed by atoms with Gasteiger partial charge in [0.1, 0.15) is 11.4 Å². The number of carbonyl (C=O) groups excluding carboxylic acids is 3. The van der Waals surface area contributed by atoms with Crippen molar-refractivity contribution in [2.45, 2.75) is 52.2 Å². The minimum atomic E-state index is -0.498. The van der Waals surface area contributed by atoms with Gasteiger partial charge in [-0.1, -0.05) is 19.1 Å². The van der Waals surface area contributed by atoms with Crippen LogP contribution < -0.4 is 16.2 Å². The van der Waals surface area contributed by atoms with Gasteiger partial charge in [0.25, 0.3) is 12.4 Å². The van der Waals surface area contributed by atoms with Crippen molar-refractivity contribution in [3.63, 3.8) is 0 Å². The first-order valence-electron chi connectivity index (χ1n) is 8.24. The normalized spacial score (nSPS) is 11.5. The summed E-state index contributed by atoms with van der Waals surface area (Å²) in [5.74, 6) is -0.914. The topological polar surface area (TPSA) is 96.5 Å². The van der Waals surface area contributed by atoms with E-state index in [4.69, 9.17) is 0 Å². The van der Waals surface area contributed by atoms with Crippen molar-refractivity contribution >= 4 is 18.3 Å². The fourth-order valence-corrected chi connectivity index (χ4v) is 1.63. The van der Waals surface area contributed by atoms with Gasteiger partial charge >= 0.3 is 0 Å². The maximum atomic E-state index is 12.8. The third kappa shape index (κ3) is 11.1. The van der Waals surface area contributed by atoms with E-state index in [0.717, 1.165) is 5.56 Å². The molecule has 2 amide bonds. The number of rotatable bonds is 6. The van der Waals surface area contributed by atoms with Crippen LogP contribution in [-0.4, -0.2) is 37.0 Å². The second-order valence-corrected chi connectivity index (χ2v) is 6.39. The molecule has 0 radical (unpaired) electrons. The summed E-state index contributed by atoms with van der Waals surface area (Å²) in [6, 6.07) is 5.44. The first-order valence-corrected chi connectivity index (χ1v) is 8.24. The van der Waals surface area contributed by atoms with Gasteiger partial charge in [-0.05, 0) is 51.9 Å². The smallest absolute Gasteiger partial charge is 0.293 e. The molecule has 26 heavy (non-hydrogen) atoms. The lowest BCUT2D eigenvalue weighted by Gasteiger charge is -2.16. The van der Waals surface area contributed by atoms with Gasteiger partial charge in [-0.15, -0.1) is 0 Å². The molecule has 1 rings (SSSR count). The Bertz CT molecular complexity index is 571. The van der Waals surface area contributed by atoms with Crippen LogP contribution in [0, 0.1) is 5.82 Å². The molecule has 146 valence electrons. The summed E-state index contributed by atoms with van der Waals surface area (Å²) in [5.41, 5.74) is 5.16. The maximum Gasteiger partial charge on any atom is 0.293 e. The van der Waals surface area contributed by atoms with Crippen LogP contribution in [0.5, 0.6) is 0 Å². The highest BCUT2D eigenvalue weighted by Crippen LogP contribution is 2.06. The zero-order valence-corrected chi connectivity index (χ0v) is 15.9. The lowest BCUT2D eigenvalue weighted by Crippen LogP contribution is -2.50. The van der Waals surface area contributed by atoms with E-state index in [1.807, 2.05) is 20.8 Å². The fourth-order valence-electron chi connectivity index (χ4n) is 1.63. The van der Waals surface area contributed by atoms with Crippen molar-refractivity contribution < 1.29 is 23.5 Å². The molecule has 7 nitrogen and oxygen atoms in total. The lowest BCUT2D eigenvalue weighted by atomic mass is 10.1. The van der Waals surface area contributed by atoms with Crippen molar-refractivity contribution in [3.05, 3.63) is 35.6 Å². The third-order valence-electron chi connectivity index (χ3n) is 3.07. The minimum Gasteiger partial charge on any atom is -0.462 e. The Morgan fingerprint density at radius 2 is 1.77 bits per heavy atom. The SMILES string of the molecule is CC(C)(C)OC=O.CCC(=O)NNC(=O)C(Cc1ccc(F)cc1)NC. The molecule has 3 N–H and O–H groups in total. The number of carbonyl (C=O) groups is 3. The number of hydrogen-bond acceptors (Lipinski definition) is 5. The molecule has 0 fully saturated rings. The second-order valence-electron chi connectivity index (χ2n) is 6.39. The summed E-state index contributed by atoms with van der Waals surface area (Å²) in [4.78, 5) is 32.4. The van der Waals surface area contributed by atoms with E-state index in [2.05, 4.69) is 20.9 Å². The number of ether oxygens (including phenoxy) is 1. The highest BCUT2D eigenvalue weighted by Gasteiger charge is 2.17. The van der Waals surface area contributed by atoms with Gasteiger partial charge in [0, 0.05) is 6.42 Å². The first kappa shape index (κ1) is 23.5. The molecular formula is C18H28FN3O4. The van der Waals surface area contributed by atoms with E-state index in [1.165, 1.54) is 12.1 Å². The summed E-state index contributed by atoms with van der Waals surface area (Å²) >= 11 is 0. The molecule has 0 heterocycles. The molecular weight excluding hydrogens is 341 g/mol. The van der Waals surface area contributed by atoms with Crippen LogP contribution in [0.15, 0.2) is 24.3 Å². The molecule has 0 bridgehead atoms. The van der Waals surface area contributed by atoms with E-state index in [0.29, 0.717) is 19.3 Å². The van der Waals surface area contributed by atoms with Crippen LogP contribution >= 0.6 is 0 Å². The van der Waals surface area contributed by atoms with Crippen LogP contribution in [0.3, 0.4) is 0 Å². The summed E-state index contributed by atoms with van der Waals surface area (Å²) in [6.45, 7) is 7.61. The third-order valence-corrected chi connectivity index (χ3v) is 3.07. The van der Waals surface area contributed by atoms with Crippen molar-refractivity contribution in [3.8, 4) is 0 Å². The summed E-state index contributed by atoms with van der Waals surface area (Å²) < 4.78 is 17.3. The largest absolute Gasteiger partial charge is 0.462 e. The molecule has 1 aromatic carbocycles. The standard InChI is InChI=1S/C13H18FN3O2.C5H10O2/c1-3-12(18)16-17-13(19)11(15-2)8-9-4-6-10(14)7-5-9;1-5(2,3)7-4-6/h4-7,11,15H,3,8H2,1-2H3,(H,16,18)(H,17,19);4H,1-3H3. The number of likely N-dealkylation sites (N-methyl/N-ethyl adjacent to an activating group) is 1. The van der Waals surface area contributed by atoms with Crippen molar-refractivity contribution in [2.24, 2.45) is 0 Å². The zero-order chi connectivity index (χ0) is 20.2. The number of nitrogens with one attached hydrogen (secondary N) is 3. The van der Waals surface area contributed by atoms with E-state index in [1.54, 1.807) is 26.1 Å². The Balaban J connectivity index is 0.000000758. The molecule has 0 aromatic heterocycles. The molecule has 1 atom stereocenters. The molecule has 0 aliphatic rings. The molecule has 0 aliphatic heterocycles. The number of hydrazine groups is 1. The lowest BCUT2D eigenvalue weighted by molar-refractivity contribution is -0.138. The molecule has 1 unspecified atom stereocenters. The van der Waals surface area contributed by atoms with Gasteiger partial charge in [0.15, 0.2) is 0 Å². The maximum absolute atomic E-state index is 12.8. The summed E-state index contributed by atoms with van der Waals surface area (Å²) in [7, 11) is 1.65. The highest BCUT2D eigenvalue weighted by atomic mass is 19.1. The Morgan fingerprint density at radius 3 is 2.15 bits per heavy atom. The molecule has 0 saturated carbocycles. The molecule has 0 saturated heterocycles. The summed E-state index contributed by atoms with van der Waals surface area (Å²) in [6.07, 6.45) is 0.701. The number of hydrogen-bond donors (Lipinski definition) is 3. The number of halogens is 1. The van der Waals surface area contributed by atoms with Crippen molar-refractivity contribution in [2.75, 3.05) is 7.05 Å². The van der Waals surface area contributed by atoms with Gasteiger partial charge in [0.05, 0.1) is 6.04 Å². The quantitative estimate of drug-likeness (QED) is 0.521. The fraction of sp³-hybridized carbons (Fsp3) is 0.500. The van der Waals surface area contributed by atoms with Crippen LogP contribution in [0.1, 0.15) is 39.7 Å². The van der Waals surface area contributed by atoms with Crippen LogP contribution in [0.25, 0.3) is 0 Å². The van der Waals surface area contributed by atoms with Crippen molar-refractivity contribution in [1.29, 1.82) is 0 Å². The molecule has 8 heteroatoms. The van der Waals surface area contributed by atoms with Crippen molar-refractivity contribution in [1.82, 2.24) is 16.2 Å². The molecule has 0 aliphatic carbocycles.